The van der Waals surface area contributed by atoms with E-state index in [2.05, 4.69) is 50.5 Å². The summed E-state index contributed by atoms with van der Waals surface area (Å²) in [6.07, 6.45) is 2.31. The van der Waals surface area contributed by atoms with E-state index in [-0.39, 0.29) is 5.41 Å². The number of halogens is 2. The van der Waals surface area contributed by atoms with Gasteiger partial charge in [0.15, 0.2) is 0 Å². The van der Waals surface area contributed by atoms with Crippen LogP contribution in [0, 0.1) is 5.41 Å². The van der Waals surface area contributed by atoms with Gasteiger partial charge in [-0.15, -0.1) is 0 Å². The predicted octanol–water partition coefficient (Wildman–Crippen LogP) is 3.91. The molecule has 0 radical (unpaired) electrons. The molecule has 1 aromatic carbocycles. The number of hydrogen-bond acceptors (Lipinski definition) is 1. The molecule has 0 spiro atoms. The Morgan fingerprint density at radius 1 is 1.26 bits per heavy atom. The summed E-state index contributed by atoms with van der Waals surface area (Å²) < 4.78 is 14.5. The lowest BCUT2D eigenvalue weighted by Crippen LogP contribution is -2.67. The number of benzene rings is 1. The molecule has 0 unspecified atom stereocenters. The number of aromatic nitrogens is 1. The highest BCUT2D eigenvalue weighted by atomic mass is 79.9. The smallest absolute Gasteiger partial charge is 0.112 e. The lowest BCUT2D eigenvalue weighted by Gasteiger charge is -2.66. The van der Waals surface area contributed by atoms with E-state index in [0.29, 0.717) is 0 Å². The Morgan fingerprint density at radius 3 is 2.79 bits per heavy atom. The minimum absolute atomic E-state index is 0.282. The summed E-state index contributed by atoms with van der Waals surface area (Å²) in [7, 11) is 0. The third-order valence-electron chi connectivity index (χ3n) is 4.53. The molecule has 2 N–H and O–H groups in total. The Balaban J connectivity index is 1.39. The van der Waals surface area contributed by atoms with Gasteiger partial charge in [-0.25, -0.2) is 4.39 Å². The highest BCUT2D eigenvalue weighted by Gasteiger charge is 2.68. The molecule has 3 fully saturated rings. The SMILES string of the molecule is FC12CC(CNCc3cc4ccc(Br)cc4[nH]3)(C1)C2. The first kappa shape index (κ1) is 11.9. The summed E-state index contributed by atoms with van der Waals surface area (Å²) in [6.45, 7) is 1.77. The fraction of sp³-hybridized carbons (Fsp3) is 0.467. The molecular formula is C15H16BrFN2. The van der Waals surface area contributed by atoms with Crippen molar-refractivity contribution in [3.63, 3.8) is 0 Å². The van der Waals surface area contributed by atoms with E-state index in [1.807, 2.05) is 0 Å². The summed E-state index contributed by atoms with van der Waals surface area (Å²) in [6, 6.07) is 8.42. The van der Waals surface area contributed by atoms with Gasteiger partial charge in [-0.3, -0.25) is 0 Å². The second kappa shape index (κ2) is 3.83. The molecule has 2 nitrogen and oxygen atoms in total. The van der Waals surface area contributed by atoms with Crippen LogP contribution in [0.4, 0.5) is 4.39 Å². The largest absolute Gasteiger partial charge is 0.357 e. The zero-order valence-corrected chi connectivity index (χ0v) is 12.2. The van der Waals surface area contributed by atoms with Gasteiger partial charge in [0.2, 0.25) is 0 Å². The van der Waals surface area contributed by atoms with E-state index in [9.17, 15) is 4.39 Å². The van der Waals surface area contributed by atoms with E-state index < -0.39 is 5.67 Å². The van der Waals surface area contributed by atoms with Crippen molar-refractivity contribution in [3.05, 3.63) is 34.4 Å². The monoisotopic (exact) mass is 322 g/mol. The fourth-order valence-corrected chi connectivity index (χ4v) is 4.13. The Morgan fingerprint density at radius 2 is 2.05 bits per heavy atom. The normalized spacial score (nSPS) is 32.1. The molecule has 5 rings (SSSR count). The Hall–Kier alpha value is -0.870. The van der Waals surface area contributed by atoms with E-state index >= 15 is 0 Å². The molecule has 0 atom stereocenters. The topological polar surface area (TPSA) is 27.8 Å². The number of aromatic amines is 1. The lowest BCUT2D eigenvalue weighted by atomic mass is 9.42. The van der Waals surface area contributed by atoms with Crippen molar-refractivity contribution in [1.29, 1.82) is 0 Å². The third-order valence-corrected chi connectivity index (χ3v) is 5.02. The number of hydrogen-bond donors (Lipinski definition) is 2. The molecule has 100 valence electrons. The molecule has 19 heavy (non-hydrogen) atoms. The highest BCUT2D eigenvalue weighted by Crippen LogP contribution is 2.69. The molecule has 1 heterocycles. The van der Waals surface area contributed by atoms with Crippen molar-refractivity contribution < 1.29 is 4.39 Å². The third kappa shape index (κ3) is 1.93. The van der Waals surface area contributed by atoms with Gasteiger partial charge >= 0.3 is 0 Å². The lowest BCUT2D eigenvalue weighted by molar-refractivity contribution is -0.209. The predicted molar refractivity (Wildman–Crippen MR) is 77.8 cm³/mol. The summed E-state index contributed by atoms with van der Waals surface area (Å²) in [5.41, 5.74) is 1.84. The van der Waals surface area contributed by atoms with Crippen molar-refractivity contribution in [2.24, 2.45) is 5.41 Å². The van der Waals surface area contributed by atoms with Crippen molar-refractivity contribution in [2.75, 3.05) is 6.54 Å². The highest BCUT2D eigenvalue weighted by molar-refractivity contribution is 9.10. The summed E-state index contributed by atoms with van der Waals surface area (Å²) in [4.78, 5) is 3.41. The molecule has 0 aliphatic heterocycles. The minimum Gasteiger partial charge on any atom is -0.357 e. The van der Waals surface area contributed by atoms with Gasteiger partial charge < -0.3 is 10.3 Å². The number of H-pyrrole nitrogens is 1. The van der Waals surface area contributed by atoms with Gasteiger partial charge in [0.25, 0.3) is 0 Å². The van der Waals surface area contributed by atoms with Crippen LogP contribution in [0.25, 0.3) is 10.9 Å². The Labute approximate surface area is 119 Å². The fourth-order valence-electron chi connectivity index (χ4n) is 3.77. The standard InChI is InChI=1S/C15H16BrFN2/c16-11-2-1-10-3-12(19-13(10)4-11)5-18-9-14-6-15(17,7-14)8-14/h1-4,18-19H,5-9H2. The van der Waals surface area contributed by atoms with Gasteiger partial charge in [0.1, 0.15) is 5.67 Å². The van der Waals surface area contributed by atoms with Crippen molar-refractivity contribution >= 4 is 26.8 Å². The molecule has 3 saturated carbocycles. The maximum atomic E-state index is 13.4. The van der Waals surface area contributed by atoms with Crippen LogP contribution < -0.4 is 5.32 Å². The average molecular weight is 323 g/mol. The first-order valence-electron chi connectivity index (χ1n) is 6.73. The van der Waals surface area contributed by atoms with Crippen LogP contribution in [0.3, 0.4) is 0 Å². The maximum absolute atomic E-state index is 13.4. The molecule has 3 aliphatic rings. The molecule has 2 bridgehead atoms. The Kier molecular flexibility index (Phi) is 2.40. The zero-order chi connectivity index (χ0) is 13.1. The number of rotatable bonds is 4. The Bertz CT molecular complexity index is 629. The van der Waals surface area contributed by atoms with Crippen molar-refractivity contribution in [2.45, 2.75) is 31.5 Å². The molecule has 2 aromatic rings. The van der Waals surface area contributed by atoms with E-state index in [1.165, 1.54) is 11.1 Å². The van der Waals surface area contributed by atoms with Gasteiger partial charge in [0.05, 0.1) is 0 Å². The van der Waals surface area contributed by atoms with E-state index in [0.717, 1.165) is 42.3 Å². The number of alkyl halides is 1. The minimum atomic E-state index is -0.783. The number of nitrogens with one attached hydrogen (secondary N) is 2. The maximum Gasteiger partial charge on any atom is 0.112 e. The quantitative estimate of drug-likeness (QED) is 0.877. The molecule has 1 aromatic heterocycles. The first-order chi connectivity index (χ1) is 9.06. The molecular weight excluding hydrogens is 307 g/mol. The number of fused-ring (bicyclic) bond motifs is 1. The molecule has 0 amide bonds. The van der Waals surface area contributed by atoms with Gasteiger partial charge in [0, 0.05) is 28.8 Å². The van der Waals surface area contributed by atoms with Crippen LogP contribution in [-0.2, 0) is 6.54 Å². The van der Waals surface area contributed by atoms with Crippen LogP contribution in [0.15, 0.2) is 28.7 Å². The van der Waals surface area contributed by atoms with E-state index in [1.54, 1.807) is 0 Å². The molecule has 4 heteroatoms. The summed E-state index contributed by atoms with van der Waals surface area (Å²) >= 11 is 3.48. The second-order valence-corrected chi connectivity index (χ2v) is 7.23. The second-order valence-electron chi connectivity index (χ2n) is 6.31. The van der Waals surface area contributed by atoms with E-state index in [4.69, 9.17) is 0 Å². The van der Waals surface area contributed by atoms with Crippen LogP contribution >= 0.6 is 15.9 Å². The molecule has 3 aliphatic carbocycles. The van der Waals surface area contributed by atoms with Gasteiger partial charge in [-0.2, -0.15) is 0 Å². The van der Waals surface area contributed by atoms with Gasteiger partial charge in [-0.1, -0.05) is 22.0 Å². The van der Waals surface area contributed by atoms with Gasteiger partial charge in [-0.05, 0) is 48.3 Å². The van der Waals surface area contributed by atoms with Crippen LogP contribution in [0.2, 0.25) is 0 Å². The zero-order valence-electron chi connectivity index (χ0n) is 10.6. The van der Waals surface area contributed by atoms with Crippen LogP contribution in [0.1, 0.15) is 25.0 Å². The summed E-state index contributed by atoms with van der Waals surface area (Å²) in [5, 5.41) is 4.70. The van der Waals surface area contributed by atoms with Crippen LogP contribution in [0.5, 0.6) is 0 Å². The van der Waals surface area contributed by atoms with Crippen molar-refractivity contribution in [1.82, 2.24) is 10.3 Å². The van der Waals surface area contributed by atoms with Crippen molar-refractivity contribution in [3.8, 4) is 0 Å². The van der Waals surface area contributed by atoms with Crippen LogP contribution in [-0.4, -0.2) is 17.2 Å². The summed E-state index contributed by atoms with van der Waals surface area (Å²) in [5.74, 6) is 0. The first-order valence-corrected chi connectivity index (χ1v) is 7.52. The molecule has 0 saturated heterocycles. The average Bonchev–Trinajstić information content (AvgIpc) is 2.67.